The molecule has 0 heterocycles. The normalized spacial score (nSPS) is 14.7. The number of alkyl halides is 6. The van der Waals surface area contributed by atoms with Crippen LogP contribution < -0.4 is 4.72 Å². The van der Waals surface area contributed by atoms with E-state index in [1.165, 1.54) is 4.72 Å². The van der Waals surface area contributed by atoms with Crippen molar-refractivity contribution >= 4 is 16.3 Å². The fourth-order valence-corrected chi connectivity index (χ4v) is 2.53. The quantitative estimate of drug-likeness (QED) is 0.671. The van der Waals surface area contributed by atoms with E-state index in [4.69, 9.17) is 0 Å². The van der Waals surface area contributed by atoms with E-state index in [0.717, 1.165) is 0 Å². The maximum absolute atomic E-state index is 12.6. The number of aldehydes is 1. The molecule has 11 heteroatoms. The molecular formula is C11H8F6NO3S. The van der Waals surface area contributed by atoms with Crippen LogP contribution in [0.1, 0.15) is 11.1 Å². The van der Waals surface area contributed by atoms with Crippen molar-refractivity contribution in [2.75, 3.05) is 0 Å². The Morgan fingerprint density at radius 1 is 1.00 bits per heavy atom. The first-order chi connectivity index (χ1) is 9.77. The highest BCUT2D eigenvalue weighted by molar-refractivity contribution is 7.89. The predicted molar refractivity (Wildman–Crippen MR) is 62.0 cm³/mol. The topological polar surface area (TPSA) is 63.2 Å². The number of carbonyl (C=O) groups excluding carboxylic acids is 1. The molecule has 0 aliphatic carbocycles. The fourth-order valence-electron chi connectivity index (χ4n) is 1.38. The van der Waals surface area contributed by atoms with Gasteiger partial charge in [0, 0.05) is 0 Å². The van der Waals surface area contributed by atoms with E-state index >= 15 is 0 Å². The Labute approximate surface area is 121 Å². The summed E-state index contributed by atoms with van der Waals surface area (Å²) in [6.07, 6.45) is -10.3. The van der Waals surface area contributed by atoms with Crippen LogP contribution in [-0.2, 0) is 27.2 Å². The van der Waals surface area contributed by atoms with Gasteiger partial charge < -0.3 is 4.79 Å². The second-order valence-corrected chi connectivity index (χ2v) is 5.82. The number of halogens is 6. The van der Waals surface area contributed by atoms with Gasteiger partial charge in [-0.05, 0) is 25.1 Å². The van der Waals surface area contributed by atoms with Crippen molar-refractivity contribution in [2.45, 2.75) is 23.3 Å². The lowest BCUT2D eigenvalue weighted by Crippen LogP contribution is -2.34. The Morgan fingerprint density at radius 2 is 1.41 bits per heavy atom. The predicted octanol–water partition coefficient (Wildman–Crippen LogP) is 2.40. The van der Waals surface area contributed by atoms with E-state index < -0.39 is 44.4 Å². The molecule has 1 atom stereocenters. The van der Waals surface area contributed by atoms with E-state index in [0.29, 0.717) is 0 Å². The van der Waals surface area contributed by atoms with Gasteiger partial charge in [0.05, 0.1) is 22.1 Å². The molecule has 0 amide bonds. The van der Waals surface area contributed by atoms with Crippen molar-refractivity contribution in [3.63, 3.8) is 0 Å². The summed E-state index contributed by atoms with van der Waals surface area (Å²) in [7, 11) is -4.78. The number of hydrogen-bond donors (Lipinski definition) is 1. The minimum atomic E-state index is -5.18. The van der Waals surface area contributed by atoms with E-state index in [2.05, 4.69) is 6.92 Å². The molecule has 1 aromatic carbocycles. The highest BCUT2D eigenvalue weighted by Crippen LogP contribution is 2.37. The standard InChI is InChI=1S/C11H8F6NO3S/c1-6(5-19)18-22(20,21)9-3-7(10(12,13)14)2-8(4-9)11(15,16)17/h2-6,18H,1H2. The van der Waals surface area contributed by atoms with Gasteiger partial charge in [-0.1, -0.05) is 0 Å². The van der Waals surface area contributed by atoms with Gasteiger partial charge >= 0.3 is 12.4 Å². The van der Waals surface area contributed by atoms with Crippen LogP contribution in [0.15, 0.2) is 23.1 Å². The van der Waals surface area contributed by atoms with E-state index in [1.54, 1.807) is 0 Å². The highest BCUT2D eigenvalue weighted by atomic mass is 32.2. The third-order valence-corrected chi connectivity index (χ3v) is 3.81. The summed E-state index contributed by atoms with van der Waals surface area (Å²) in [5, 5.41) is 0. The molecule has 4 nitrogen and oxygen atoms in total. The second-order valence-electron chi connectivity index (χ2n) is 4.11. The molecule has 1 radical (unpaired) electrons. The molecule has 0 aromatic heterocycles. The number of sulfonamides is 1. The molecule has 0 saturated heterocycles. The van der Waals surface area contributed by atoms with Gasteiger partial charge in [-0.15, -0.1) is 0 Å². The molecule has 0 spiro atoms. The van der Waals surface area contributed by atoms with Crippen LogP contribution in [0.25, 0.3) is 0 Å². The summed E-state index contributed by atoms with van der Waals surface area (Å²) in [4.78, 5) is 9.04. The summed E-state index contributed by atoms with van der Waals surface area (Å²) in [6.45, 7) is 3.01. The average Bonchev–Trinajstić information content (AvgIpc) is 2.35. The zero-order valence-corrected chi connectivity index (χ0v) is 11.3. The van der Waals surface area contributed by atoms with Gasteiger partial charge in [-0.25, -0.2) is 13.1 Å². The van der Waals surface area contributed by atoms with Crippen LogP contribution in [0.3, 0.4) is 0 Å². The first-order valence-electron chi connectivity index (χ1n) is 5.37. The van der Waals surface area contributed by atoms with Crippen molar-refractivity contribution in [1.82, 2.24) is 4.72 Å². The molecule has 0 aliphatic rings. The maximum Gasteiger partial charge on any atom is 0.416 e. The van der Waals surface area contributed by atoms with E-state index in [1.807, 2.05) is 0 Å². The van der Waals surface area contributed by atoms with Crippen molar-refractivity contribution in [3.05, 3.63) is 36.2 Å². The summed E-state index contributed by atoms with van der Waals surface area (Å²) < 4.78 is 101. The first kappa shape index (κ1) is 18.4. The molecule has 1 rings (SSSR count). The molecule has 1 aromatic rings. The molecule has 1 N–H and O–H groups in total. The second kappa shape index (κ2) is 5.88. The molecular weight excluding hydrogens is 340 g/mol. The number of nitrogens with one attached hydrogen (secondary N) is 1. The summed E-state index contributed by atoms with van der Waals surface area (Å²) >= 11 is 0. The number of hydrogen-bond acceptors (Lipinski definition) is 3. The van der Waals surface area contributed by atoms with Crippen molar-refractivity contribution in [1.29, 1.82) is 0 Å². The van der Waals surface area contributed by atoms with Crippen molar-refractivity contribution in [3.8, 4) is 0 Å². The molecule has 1 unspecified atom stereocenters. The Bertz CT molecular complexity index is 633. The zero-order chi connectivity index (χ0) is 17.3. The van der Waals surface area contributed by atoms with Crippen molar-refractivity contribution < 1.29 is 39.6 Å². The molecule has 0 bridgehead atoms. The number of carbonyl (C=O) groups is 1. The summed E-state index contributed by atoms with van der Waals surface area (Å²) in [5.41, 5.74) is -3.57. The average molecular weight is 348 g/mol. The minimum Gasteiger partial charge on any atom is -0.302 e. The van der Waals surface area contributed by atoms with Gasteiger partial charge in [0.15, 0.2) is 0 Å². The Morgan fingerprint density at radius 3 is 1.73 bits per heavy atom. The fraction of sp³-hybridized carbons (Fsp3) is 0.273. The Balaban J connectivity index is 3.51. The smallest absolute Gasteiger partial charge is 0.302 e. The lowest BCUT2D eigenvalue weighted by Gasteiger charge is -2.15. The van der Waals surface area contributed by atoms with Crippen LogP contribution in [0, 0.1) is 6.92 Å². The van der Waals surface area contributed by atoms with Crippen LogP contribution in [0.2, 0.25) is 0 Å². The lowest BCUT2D eigenvalue weighted by atomic mass is 10.1. The van der Waals surface area contributed by atoms with Crippen LogP contribution >= 0.6 is 0 Å². The largest absolute Gasteiger partial charge is 0.416 e. The van der Waals surface area contributed by atoms with Crippen LogP contribution in [0.5, 0.6) is 0 Å². The highest BCUT2D eigenvalue weighted by Gasteiger charge is 2.38. The van der Waals surface area contributed by atoms with Crippen LogP contribution in [-0.4, -0.2) is 20.7 Å². The van der Waals surface area contributed by atoms with Gasteiger partial charge in [-0.2, -0.15) is 26.3 Å². The molecule has 123 valence electrons. The lowest BCUT2D eigenvalue weighted by molar-refractivity contribution is -0.143. The van der Waals surface area contributed by atoms with E-state index in [-0.39, 0.29) is 24.5 Å². The third kappa shape index (κ3) is 4.44. The van der Waals surface area contributed by atoms with Gasteiger partial charge in [0.1, 0.15) is 6.29 Å². The zero-order valence-electron chi connectivity index (χ0n) is 10.5. The molecule has 22 heavy (non-hydrogen) atoms. The van der Waals surface area contributed by atoms with Crippen molar-refractivity contribution in [2.24, 2.45) is 0 Å². The number of rotatable bonds is 4. The Kier molecular flexibility index (Phi) is 4.92. The SMILES string of the molecule is [CH2]C(C=O)NS(=O)(=O)c1cc(C(F)(F)F)cc(C(F)(F)F)c1. The van der Waals surface area contributed by atoms with Crippen LogP contribution in [0.4, 0.5) is 26.3 Å². The third-order valence-electron chi connectivity index (χ3n) is 2.34. The minimum absolute atomic E-state index is 0.0236. The Hall–Kier alpha value is -1.62. The van der Waals surface area contributed by atoms with Gasteiger partial charge in [0.25, 0.3) is 0 Å². The molecule has 0 fully saturated rings. The van der Waals surface area contributed by atoms with Gasteiger partial charge in [-0.3, -0.25) is 0 Å². The molecule has 0 aliphatic heterocycles. The summed E-state index contributed by atoms with van der Waals surface area (Å²) in [6, 6.07) is -1.70. The maximum atomic E-state index is 12.6. The summed E-state index contributed by atoms with van der Waals surface area (Å²) in [5.74, 6) is 0. The first-order valence-corrected chi connectivity index (χ1v) is 6.86. The monoisotopic (exact) mass is 348 g/mol. The van der Waals surface area contributed by atoms with E-state index in [9.17, 15) is 39.6 Å². The molecule has 0 saturated carbocycles. The number of benzene rings is 1. The van der Waals surface area contributed by atoms with Gasteiger partial charge in [0.2, 0.25) is 10.0 Å².